The molecule has 0 spiro atoms. The van der Waals surface area contributed by atoms with Crippen molar-refractivity contribution in [2.24, 2.45) is 5.92 Å². The van der Waals surface area contributed by atoms with E-state index in [0.717, 1.165) is 6.54 Å². The maximum Gasteiger partial charge on any atom is 0.0472 e. The second kappa shape index (κ2) is 5.26. The van der Waals surface area contributed by atoms with Crippen LogP contribution in [0.2, 0.25) is 0 Å². The summed E-state index contributed by atoms with van der Waals surface area (Å²) in [6.45, 7) is 5.88. The molecule has 1 aliphatic rings. The normalized spacial score (nSPS) is 24.8. The topological polar surface area (TPSA) is 12.0 Å². The van der Waals surface area contributed by atoms with Gasteiger partial charge in [-0.3, -0.25) is 0 Å². The molecule has 1 nitrogen and oxygen atoms in total. The van der Waals surface area contributed by atoms with E-state index in [1.54, 1.807) is 0 Å². The van der Waals surface area contributed by atoms with Crippen molar-refractivity contribution in [1.82, 2.24) is 5.32 Å². The molecule has 19 heavy (non-hydrogen) atoms. The summed E-state index contributed by atoms with van der Waals surface area (Å²) in [5.74, 6) is 0.623. The average Bonchev–Trinajstić information content (AvgIpc) is 2.74. The van der Waals surface area contributed by atoms with Crippen LogP contribution in [0.1, 0.15) is 45.1 Å². The van der Waals surface area contributed by atoms with Crippen molar-refractivity contribution in [1.29, 1.82) is 0 Å². The molecule has 1 N–H and O–H groups in total. The van der Waals surface area contributed by atoms with Gasteiger partial charge in [0.2, 0.25) is 0 Å². The van der Waals surface area contributed by atoms with Crippen molar-refractivity contribution in [3.05, 3.63) is 35.2 Å². The highest BCUT2D eigenvalue weighted by molar-refractivity contribution is 7.17. The first-order chi connectivity index (χ1) is 9.24. The van der Waals surface area contributed by atoms with Crippen LogP contribution in [0.5, 0.6) is 0 Å². The number of hydrogen-bond donors (Lipinski definition) is 1. The van der Waals surface area contributed by atoms with Gasteiger partial charge < -0.3 is 5.32 Å². The Bertz CT molecular complexity index is 547. The van der Waals surface area contributed by atoms with Crippen molar-refractivity contribution in [2.45, 2.75) is 45.1 Å². The van der Waals surface area contributed by atoms with Crippen LogP contribution in [0.15, 0.2) is 29.6 Å². The van der Waals surface area contributed by atoms with Crippen LogP contribution in [-0.2, 0) is 5.54 Å². The maximum atomic E-state index is 3.90. The van der Waals surface area contributed by atoms with Crippen molar-refractivity contribution < 1.29 is 0 Å². The Hall–Kier alpha value is -0.860. The third kappa shape index (κ3) is 2.21. The summed E-state index contributed by atoms with van der Waals surface area (Å²) in [4.78, 5) is 0. The van der Waals surface area contributed by atoms with Crippen molar-refractivity contribution in [3.63, 3.8) is 0 Å². The van der Waals surface area contributed by atoms with Crippen LogP contribution in [0.3, 0.4) is 0 Å². The van der Waals surface area contributed by atoms with Crippen molar-refractivity contribution >= 4 is 21.4 Å². The lowest BCUT2D eigenvalue weighted by Crippen LogP contribution is -2.46. The molecule has 0 amide bonds. The molecular weight excluding hydrogens is 250 g/mol. The van der Waals surface area contributed by atoms with Crippen LogP contribution in [0, 0.1) is 5.92 Å². The molecule has 2 aromatic rings. The van der Waals surface area contributed by atoms with E-state index in [1.165, 1.54) is 41.3 Å². The van der Waals surface area contributed by atoms with E-state index >= 15 is 0 Å². The Morgan fingerprint density at radius 3 is 2.89 bits per heavy atom. The van der Waals surface area contributed by atoms with Gasteiger partial charge in [-0.1, -0.05) is 44.9 Å². The predicted octanol–water partition coefficient (Wildman–Crippen LogP) is 4.92. The predicted molar refractivity (Wildman–Crippen MR) is 84.8 cm³/mol. The third-order valence-electron chi connectivity index (χ3n) is 4.63. The maximum absolute atomic E-state index is 3.90. The van der Waals surface area contributed by atoms with E-state index in [-0.39, 0.29) is 5.54 Å². The van der Waals surface area contributed by atoms with Gasteiger partial charge in [0, 0.05) is 10.2 Å². The van der Waals surface area contributed by atoms with E-state index in [2.05, 4.69) is 48.8 Å². The van der Waals surface area contributed by atoms with E-state index in [9.17, 15) is 0 Å². The molecule has 1 aromatic carbocycles. The van der Waals surface area contributed by atoms with Gasteiger partial charge in [-0.05, 0) is 47.7 Å². The molecule has 1 saturated heterocycles. The summed E-state index contributed by atoms with van der Waals surface area (Å²) in [6.07, 6.45) is 5.28. The summed E-state index contributed by atoms with van der Waals surface area (Å²) in [5.41, 5.74) is 1.69. The first-order valence-electron chi connectivity index (χ1n) is 7.46. The number of rotatable bonds is 2. The Kier molecular flexibility index (Phi) is 3.64. The minimum Gasteiger partial charge on any atom is -0.307 e. The largest absolute Gasteiger partial charge is 0.307 e. The fourth-order valence-electron chi connectivity index (χ4n) is 3.48. The van der Waals surface area contributed by atoms with Gasteiger partial charge in [0.15, 0.2) is 0 Å². The Morgan fingerprint density at radius 2 is 2.05 bits per heavy atom. The molecule has 0 radical (unpaired) electrons. The zero-order valence-electron chi connectivity index (χ0n) is 11.9. The number of fused-ring (bicyclic) bond motifs is 1. The minimum absolute atomic E-state index is 0.168. The quantitative estimate of drug-likeness (QED) is 0.819. The molecule has 2 heteroatoms. The number of nitrogens with one attached hydrogen (secondary N) is 1. The highest BCUT2D eigenvalue weighted by atomic mass is 32.1. The average molecular weight is 273 g/mol. The highest BCUT2D eigenvalue weighted by Gasteiger charge is 2.37. The lowest BCUT2D eigenvalue weighted by molar-refractivity contribution is 0.233. The second-order valence-corrected chi connectivity index (χ2v) is 6.92. The zero-order valence-corrected chi connectivity index (χ0v) is 12.7. The molecule has 1 unspecified atom stereocenters. The molecule has 1 aromatic heterocycles. The molecular formula is C17H23NS. The Morgan fingerprint density at radius 1 is 1.16 bits per heavy atom. The van der Waals surface area contributed by atoms with E-state index in [4.69, 9.17) is 0 Å². The summed E-state index contributed by atoms with van der Waals surface area (Å²) in [6, 6.07) is 9.05. The van der Waals surface area contributed by atoms with Gasteiger partial charge in [-0.25, -0.2) is 0 Å². The standard InChI is InChI=1S/C17H23NS/c1-13(2)17(10-4-3-5-11-18-17)15-8-6-7-14-9-12-19-16(14)15/h6-9,12-13,18H,3-5,10-11H2,1-2H3. The van der Waals surface area contributed by atoms with Crippen molar-refractivity contribution in [3.8, 4) is 0 Å². The summed E-state index contributed by atoms with van der Waals surface area (Å²) in [5, 5.41) is 7.52. The zero-order chi connectivity index (χ0) is 13.3. The summed E-state index contributed by atoms with van der Waals surface area (Å²) >= 11 is 1.89. The molecule has 0 aliphatic carbocycles. The minimum atomic E-state index is 0.168. The smallest absolute Gasteiger partial charge is 0.0472 e. The molecule has 2 heterocycles. The van der Waals surface area contributed by atoms with Gasteiger partial charge in [0.25, 0.3) is 0 Å². The molecule has 0 bridgehead atoms. The van der Waals surface area contributed by atoms with E-state index in [0.29, 0.717) is 5.92 Å². The monoisotopic (exact) mass is 273 g/mol. The fourth-order valence-corrected chi connectivity index (χ4v) is 4.48. The van der Waals surface area contributed by atoms with Crippen LogP contribution in [-0.4, -0.2) is 6.54 Å². The van der Waals surface area contributed by atoms with Gasteiger partial charge in [-0.15, -0.1) is 11.3 Å². The molecule has 0 saturated carbocycles. The third-order valence-corrected chi connectivity index (χ3v) is 5.60. The van der Waals surface area contributed by atoms with Gasteiger partial charge in [0.1, 0.15) is 0 Å². The van der Waals surface area contributed by atoms with Crippen LogP contribution >= 0.6 is 11.3 Å². The van der Waals surface area contributed by atoms with Gasteiger partial charge >= 0.3 is 0 Å². The molecule has 1 atom stereocenters. The molecule has 1 aliphatic heterocycles. The SMILES string of the molecule is CC(C)C1(c2cccc3ccsc23)CCCCCN1. The van der Waals surface area contributed by atoms with Crippen LogP contribution in [0.4, 0.5) is 0 Å². The van der Waals surface area contributed by atoms with E-state index in [1.807, 2.05) is 11.3 Å². The Balaban J connectivity index is 2.16. The highest BCUT2D eigenvalue weighted by Crippen LogP contribution is 2.41. The lowest BCUT2D eigenvalue weighted by atomic mass is 9.76. The van der Waals surface area contributed by atoms with Gasteiger partial charge in [-0.2, -0.15) is 0 Å². The number of benzene rings is 1. The number of hydrogen-bond acceptors (Lipinski definition) is 2. The lowest BCUT2D eigenvalue weighted by Gasteiger charge is -2.39. The van der Waals surface area contributed by atoms with Gasteiger partial charge in [0.05, 0.1) is 0 Å². The second-order valence-electron chi connectivity index (χ2n) is 6.01. The first kappa shape index (κ1) is 13.1. The summed E-state index contributed by atoms with van der Waals surface area (Å²) in [7, 11) is 0. The summed E-state index contributed by atoms with van der Waals surface area (Å²) < 4.78 is 1.48. The van der Waals surface area contributed by atoms with E-state index < -0.39 is 0 Å². The molecule has 102 valence electrons. The molecule has 3 rings (SSSR count). The van der Waals surface area contributed by atoms with Crippen molar-refractivity contribution in [2.75, 3.05) is 6.54 Å². The van der Waals surface area contributed by atoms with Crippen LogP contribution < -0.4 is 5.32 Å². The van der Waals surface area contributed by atoms with Crippen LogP contribution in [0.25, 0.3) is 10.1 Å². The first-order valence-corrected chi connectivity index (χ1v) is 8.34. The molecule has 1 fully saturated rings. The fraction of sp³-hybridized carbons (Fsp3) is 0.529. The Labute approximate surface area is 120 Å². The number of thiophene rings is 1.